The molecule has 0 radical (unpaired) electrons. The van der Waals surface area contributed by atoms with E-state index in [0.29, 0.717) is 41.4 Å². The average molecular weight is 468 g/mol. The van der Waals surface area contributed by atoms with Gasteiger partial charge in [0.25, 0.3) is 0 Å². The molecule has 0 aliphatic carbocycles. The summed E-state index contributed by atoms with van der Waals surface area (Å²) >= 11 is 0. The molecular weight excluding hydrogens is 442 g/mol. The summed E-state index contributed by atoms with van der Waals surface area (Å²) in [5.74, 6) is 1.95. The number of aromatic nitrogens is 1. The van der Waals surface area contributed by atoms with Gasteiger partial charge in [0.2, 0.25) is 5.75 Å². The van der Waals surface area contributed by atoms with E-state index in [9.17, 15) is 8.42 Å². The van der Waals surface area contributed by atoms with Crippen LogP contribution in [0.2, 0.25) is 0 Å². The number of nitrogens with zero attached hydrogens (tertiary/aromatic N) is 1. The second-order valence-corrected chi connectivity index (χ2v) is 8.65. The largest absolute Gasteiger partial charge is 0.493 e. The maximum atomic E-state index is 12.5. The molecule has 3 rings (SSSR count). The van der Waals surface area contributed by atoms with Crippen LogP contribution < -0.4 is 18.9 Å². The lowest BCUT2D eigenvalue weighted by Gasteiger charge is -2.16. The van der Waals surface area contributed by atoms with Crippen molar-refractivity contribution >= 4 is 33.0 Å². The molecule has 0 amide bonds. The van der Waals surface area contributed by atoms with Gasteiger partial charge in [-0.25, -0.2) is 8.42 Å². The van der Waals surface area contributed by atoms with Gasteiger partial charge in [0.15, 0.2) is 21.3 Å². The number of sulfone groups is 1. The molecule has 2 aromatic carbocycles. The Hall–Kier alpha value is -2.71. The van der Waals surface area contributed by atoms with Crippen LogP contribution in [0.15, 0.2) is 41.6 Å². The maximum Gasteiger partial charge on any atom is 0.203 e. The first kappa shape index (κ1) is 24.6. The van der Waals surface area contributed by atoms with Crippen LogP contribution in [-0.2, 0) is 16.3 Å². The van der Waals surface area contributed by atoms with E-state index in [0.717, 1.165) is 16.5 Å². The predicted molar refractivity (Wildman–Crippen MR) is 122 cm³/mol. The second kappa shape index (κ2) is 10.1. The molecule has 31 heavy (non-hydrogen) atoms. The van der Waals surface area contributed by atoms with Gasteiger partial charge >= 0.3 is 0 Å². The zero-order valence-electron chi connectivity index (χ0n) is 18.1. The van der Waals surface area contributed by atoms with Gasteiger partial charge in [-0.05, 0) is 48.1 Å². The van der Waals surface area contributed by atoms with Gasteiger partial charge in [0.1, 0.15) is 10.6 Å². The topological polar surface area (TPSA) is 83.9 Å². The van der Waals surface area contributed by atoms with E-state index in [1.165, 1.54) is 6.26 Å². The van der Waals surface area contributed by atoms with Crippen molar-refractivity contribution in [3.05, 3.63) is 47.8 Å². The molecule has 0 fully saturated rings. The fourth-order valence-corrected chi connectivity index (χ4v) is 4.56. The molecule has 7 nitrogen and oxygen atoms in total. The maximum absolute atomic E-state index is 12.5. The number of hydrogen-bond acceptors (Lipinski definition) is 7. The number of ether oxygens (including phenoxy) is 4. The van der Waals surface area contributed by atoms with Gasteiger partial charge in [-0.1, -0.05) is 6.07 Å². The Balaban J connectivity index is 0.00000341. The lowest BCUT2D eigenvalue weighted by atomic mass is 10.00. The Morgan fingerprint density at radius 2 is 1.55 bits per heavy atom. The molecule has 0 spiro atoms. The highest BCUT2D eigenvalue weighted by Gasteiger charge is 2.21. The molecule has 0 aliphatic rings. The van der Waals surface area contributed by atoms with E-state index in [4.69, 9.17) is 18.9 Å². The van der Waals surface area contributed by atoms with Crippen molar-refractivity contribution < 1.29 is 27.4 Å². The molecule has 0 saturated carbocycles. The Bertz CT molecular complexity index is 1160. The molecule has 1 aromatic heterocycles. The van der Waals surface area contributed by atoms with Gasteiger partial charge in [0.05, 0.1) is 27.9 Å². The average Bonchev–Trinajstić information content (AvgIpc) is 2.72. The van der Waals surface area contributed by atoms with Crippen molar-refractivity contribution in [2.24, 2.45) is 0 Å². The van der Waals surface area contributed by atoms with E-state index >= 15 is 0 Å². The highest BCUT2D eigenvalue weighted by Crippen LogP contribution is 2.39. The predicted octanol–water partition coefficient (Wildman–Crippen LogP) is 4.08. The minimum absolute atomic E-state index is 0. The SMILES string of the molecule is CCOc1ccc2c(Cc3cc(OC)c(OC)c(OC)c3)cncc2c1S(C)(=O)=O.Cl. The lowest BCUT2D eigenvalue weighted by molar-refractivity contribution is 0.324. The normalized spacial score (nSPS) is 11.0. The van der Waals surface area contributed by atoms with Crippen LogP contribution in [0.5, 0.6) is 23.0 Å². The zero-order chi connectivity index (χ0) is 21.9. The van der Waals surface area contributed by atoms with Crippen LogP contribution in [0.25, 0.3) is 10.8 Å². The van der Waals surface area contributed by atoms with Crippen molar-refractivity contribution in [2.45, 2.75) is 18.2 Å². The van der Waals surface area contributed by atoms with Crippen molar-refractivity contribution in [1.29, 1.82) is 0 Å². The summed E-state index contributed by atoms with van der Waals surface area (Å²) in [7, 11) is 1.16. The standard InChI is InChI=1S/C22H25NO6S.ClH/c1-6-29-18-8-7-16-15(12-23-13-17(16)22(18)30(5,24)25)9-14-10-19(26-2)21(28-4)20(11-14)27-3;/h7-8,10-13H,6,9H2,1-5H3;1H. The van der Waals surface area contributed by atoms with Gasteiger partial charge in [-0.3, -0.25) is 4.98 Å². The number of rotatable bonds is 8. The van der Waals surface area contributed by atoms with E-state index in [1.807, 2.05) is 25.1 Å². The van der Waals surface area contributed by atoms with Crippen LogP contribution >= 0.6 is 12.4 Å². The third-order valence-corrected chi connectivity index (χ3v) is 5.89. The number of fused-ring (bicyclic) bond motifs is 1. The molecular formula is C22H26ClNO6S. The van der Waals surface area contributed by atoms with Gasteiger partial charge in [-0.15, -0.1) is 12.4 Å². The highest BCUT2D eigenvalue weighted by molar-refractivity contribution is 7.91. The minimum atomic E-state index is -3.52. The molecule has 3 aromatic rings. The molecule has 1 heterocycles. The summed E-state index contributed by atoms with van der Waals surface area (Å²) in [6.45, 7) is 2.18. The molecule has 0 unspecified atom stereocenters. The fraction of sp³-hybridized carbons (Fsp3) is 0.318. The number of hydrogen-bond donors (Lipinski definition) is 0. The zero-order valence-corrected chi connectivity index (χ0v) is 19.7. The summed E-state index contributed by atoms with van der Waals surface area (Å²) in [6, 6.07) is 7.30. The number of halogens is 1. The first-order valence-corrected chi connectivity index (χ1v) is 11.2. The second-order valence-electron chi connectivity index (χ2n) is 6.70. The van der Waals surface area contributed by atoms with E-state index in [2.05, 4.69) is 4.98 Å². The Labute approximate surface area is 188 Å². The Morgan fingerprint density at radius 1 is 0.903 bits per heavy atom. The molecule has 0 N–H and O–H groups in total. The lowest BCUT2D eigenvalue weighted by Crippen LogP contribution is -2.05. The van der Waals surface area contributed by atoms with Crippen LogP contribution in [0, 0.1) is 0 Å². The quantitative estimate of drug-likeness (QED) is 0.493. The summed E-state index contributed by atoms with van der Waals surface area (Å²) in [5.41, 5.74) is 1.78. The van der Waals surface area contributed by atoms with E-state index in [1.54, 1.807) is 39.8 Å². The molecule has 0 atom stereocenters. The first-order chi connectivity index (χ1) is 14.3. The molecule has 9 heteroatoms. The van der Waals surface area contributed by atoms with Crippen LogP contribution in [0.4, 0.5) is 0 Å². The minimum Gasteiger partial charge on any atom is -0.493 e. The Morgan fingerprint density at radius 3 is 2.06 bits per heavy atom. The van der Waals surface area contributed by atoms with E-state index < -0.39 is 9.84 Å². The first-order valence-electron chi connectivity index (χ1n) is 9.35. The van der Waals surface area contributed by atoms with Crippen LogP contribution in [0.1, 0.15) is 18.1 Å². The summed E-state index contributed by atoms with van der Waals surface area (Å²) in [5, 5.41) is 1.33. The van der Waals surface area contributed by atoms with Crippen LogP contribution in [-0.4, -0.2) is 47.6 Å². The third kappa shape index (κ3) is 4.97. The van der Waals surface area contributed by atoms with Gasteiger partial charge in [-0.2, -0.15) is 0 Å². The molecule has 0 aliphatic heterocycles. The van der Waals surface area contributed by atoms with Crippen molar-refractivity contribution in [1.82, 2.24) is 4.98 Å². The van der Waals surface area contributed by atoms with Gasteiger partial charge in [0, 0.05) is 24.0 Å². The summed E-state index contributed by atoms with van der Waals surface area (Å²) in [4.78, 5) is 4.45. The summed E-state index contributed by atoms with van der Waals surface area (Å²) < 4.78 is 46.8. The number of methoxy groups -OCH3 is 3. The van der Waals surface area contributed by atoms with Crippen molar-refractivity contribution in [2.75, 3.05) is 34.2 Å². The fourth-order valence-electron chi connectivity index (χ4n) is 3.51. The van der Waals surface area contributed by atoms with Crippen molar-refractivity contribution in [3.63, 3.8) is 0 Å². The van der Waals surface area contributed by atoms with E-state index in [-0.39, 0.29) is 17.3 Å². The molecule has 0 bridgehead atoms. The number of benzene rings is 2. The van der Waals surface area contributed by atoms with Crippen LogP contribution in [0.3, 0.4) is 0 Å². The summed E-state index contributed by atoms with van der Waals surface area (Å²) in [6.07, 6.45) is 4.97. The molecule has 0 saturated heterocycles. The van der Waals surface area contributed by atoms with Gasteiger partial charge < -0.3 is 18.9 Å². The molecule has 168 valence electrons. The van der Waals surface area contributed by atoms with Crippen molar-refractivity contribution in [3.8, 4) is 23.0 Å². The number of pyridine rings is 1. The monoisotopic (exact) mass is 467 g/mol. The Kier molecular flexibility index (Phi) is 7.97. The third-order valence-electron chi connectivity index (χ3n) is 4.73. The highest BCUT2D eigenvalue weighted by atomic mass is 35.5. The smallest absolute Gasteiger partial charge is 0.203 e.